The molecule has 1 aliphatic carbocycles. The minimum Gasteiger partial charge on any atom is -0.327 e. The van der Waals surface area contributed by atoms with Gasteiger partial charge in [-0.1, -0.05) is 11.6 Å². The van der Waals surface area contributed by atoms with Crippen LogP contribution >= 0.6 is 35.3 Å². The Bertz CT molecular complexity index is 796. The molecule has 2 aromatic rings. The standard InChI is InChI=1S/C14H13ClN4O3S.ClH/c15-7-1-4-11(19(21)22)9(5-7)13(20)18-14-17-10-3-2-8(16)6-12(10)23-14;/h1,4-5,8H,2-3,6,16H2,(H,17,18,20);1H/t8-;/m0./s1. The number of aromatic nitrogens is 1. The summed E-state index contributed by atoms with van der Waals surface area (Å²) in [6.07, 6.45) is 2.38. The van der Waals surface area contributed by atoms with Crippen molar-refractivity contribution in [3.8, 4) is 0 Å². The van der Waals surface area contributed by atoms with E-state index in [-0.39, 0.29) is 34.7 Å². The van der Waals surface area contributed by atoms with E-state index in [4.69, 9.17) is 17.3 Å². The van der Waals surface area contributed by atoms with Crippen LogP contribution in [0, 0.1) is 10.1 Å². The molecule has 1 aromatic carbocycles. The molecular formula is C14H14Cl2N4O3S. The maximum Gasteiger partial charge on any atom is 0.282 e. The second-order valence-electron chi connectivity index (χ2n) is 5.26. The predicted octanol–water partition coefficient (Wildman–Crippen LogP) is 3.19. The fourth-order valence-electron chi connectivity index (χ4n) is 2.47. The Hall–Kier alpha value is -1.74. The van der Waals surface area contributed by atoms with Crippen LogP contribution in [0.3, 0.4) is 0 Å². The number of nitrogens with one attached hydrogen (secondary N) is 1. The number of amides is 1. The van der Waals surface area contributed by atoms with Gasteiger partial charge in [0.2, 0.25) is 0 Å². The maximum atomic E-state index is 12.3. The number of fused-ring (bicyclic) bond motifs is 1. The Balaban J connectivity index is 0.00000208. The third kappa shape index (κ3) is 3.84. The Morgan fingerprint density at radius 2 is 2.25 bits per heavy atom. The van der Waals surface area contributed by atoms with Crippen molar-refractivity contribution in [2.24, 2.45) is 5.73 Å². The number of carbonyl (C=O) groups is 1. The van der Waals surface area contributed by atoms with Gasteiger partial charge in [0.15, 0.2) is 5.13 Å². The van der Waals surface area contributed by atoms with E-state index < -0.39 is 10.8 Å². The van der Waals surface area contributed by atoms with Crippen LogP contribution in [-0.2, 0) is 12.8 Å². The number of benzene rings is 1. The van der Waals surface area contributed by atoms with E-state index in [1.807, 2.05) is 0 Å². The van der Waals surface area contributed by atoms with Gasteiger partial charge in [-0.25, -0.2) is 4.98 Å². The molecule has 1 aromatic heterocycles. The molecule has 0 bridgehead atoms. The molecule has 0 saturated heterocycles. The number of halogens is 2. The second-order valence-corrected chi connectivity index (χ2v) is 6.78. The van der Waals surface area contributed by atoms with Crippen LogP contribution in [0.4, 0.5) is 10.8 Å². The van der Waals surface area contributed by atoms with Gasteiger partial charge in [0, 0.05) is 22.0 Å². The molecule has 10 heteroatoms. The highest BCUT2D eigenvalue weighted by Gasteiger charge is 2.24. The number of nitrogens with two attached hydrogens (primary N) is 1. The number of nitro benzene ring substituents is 1. The predicted molar refractivity (Wildman–Crippen MR) is 95.4 cm³/mol. The molecule has 7 nitrogen and oxygen atoms in total. The number of hydrogen-bond acceptors (Lipinski definition) is 6. The molecule has 0 unspecified atom stereocenters. The molecule has 1 aliphatic rings. The largest absolute Gasteiger partial charge is 0.327 e. The van der Waals surface area contributed by atoms with E-state index in [1.165, 1.54) is 29.5 Å². The van der Waals surface area contributed by atoms with Crippen molar-refractivity contribution in [3.63, 3.8) is 0 Å². The van der Waals surface area contributed by atoms with Crippen molar-refractivity contribution in [1.82, 2.24) is 4.98 Å². The van der Waals surface area contributed by atoms with Crippen molar-refractivity contribution in [1.29, 1.82) is 0 Å². The number of rotatable bonds is 3. The molecule has 0 saturated carbocycles. The zero-order valence-electron chi connectivity index (χ0n) is 12.3. The Morgan fingerprint density at radius 1 is 1.50 bits per heavy atom. The summed E-state index contributed by atoms with van der Waals surface area (Å²) in [4.78, 5) is 28.2. The van der Waals surface area contributed by atoms with Crippen LogP contribution in [0.2, 0.25) is 5.02 Å². The number of thiazole rings is 1. The zero-order chi connectivity index (χ0) is 16.6. The molecule has 0 fully saturated rings. The van der Waals surface area contributed by atoms with Crippen LogP contribution in [-0.4, -0.2) is 21.9 Å². The molecular weight excluding hydrogens is 375 g/mol. The van der Waals surface area contributed by atoms with E-state index >= 15 is 0 Å². The first-order valence-corrected chi connectivity index (χ1v) is 8.13. The topological polar surface area (TPSA) is 111 Å². The number of nitro groups is 1. The fraction of sp³-hybridized carbons (Fsp3) is 0.286. The molecule has 1 amide bonds. The molecule has 3 N–H and O–H groups in total. The van der Waals surface area contributed by atoms with Crippen molar-refractivity contribution < 1.29 is 9.72 Å². The van der Waals surface area contributed by atoms with Gasteiger partial charge in [-0.15, -0.1) is 23.7 Å². The van der Waals surface area contributed by atoms with Gasteiger partial charge in [0.1, 0.15) is 5.56 Å². The van der Waals surface area contributed by atoms with Gasteiger partial charge in [-0.2, -0.15) is 0 Å². The lowest BCUT2D eigenvalue weighted by molar-refractivity contribution is -0.385. The SMILES string of the molecule is Cl.N[C@H]1CCc2nc(NC(=O)c3cc(Cl)ccc3[N+](=O)[O-])sc2C1. The van der Waals surface area contributed by atoms with Crippen LogP contribution in [0.5, 0.6) is 0 Å². The Kier molecular flexibility index (Phi) is 5.76. The summed E-state index contributed by atoms with van der Waals surface area (Å²) in [6.45, 7) is 0. The van der Waals surface area contributed by atoms with E-state index in [0.29, 0.717) is 5.13 Å². The third-order valence-corrected chi connectivity index (χ3v) is 4.87. The Labute approximate surface area is 152 Å². The van der Waals surface area contributed by atoms with E-state index in [1.54, 1.807) is 0 Å². The van der Waals surface area contributed by atoms with Gasteiger partial charge < -0.3 is 5.73 Å². The van der Waals surface area contributed by atoms with Crippen LogP contribution in [0.15, 0.2) is 18.2 Å². The maximum absolute atomic E-state index is 12.3. The summed E-state index contributed by atoms with van der Waals surface area (Å²) in [5.41, 5.74) is 6.47. The summed E-state index contributed by atoms with van der Waals surface area (Å²) in [5, 5.41) is 14.3. The van der Waals surface area contributed by atoms with Crippen molar-refractivity contribution in [2.45, 2.75) is 25.3 Å². The molecule has 0 aliphatic heterocycles. The molecule has 0 spiro atoms. The van der Waals surface area contributed by atoms with Crippen molar-refractivity contribution in [3.05, 3.63) is 49.5 Å². The average Bonchev–Trinajstić information content (AvgIpc) is 2.88. The van der Waals surface area contributed by atoms with Gasteiger partial charge in [0.05, 0.1) is 10.6 Å². The number of hydrogen-bond donors (Lipinski definition) is 2. The third-order valence-electron chi connectivity index (χ3n) is 3.60. The summed E-state index contributed by atoms with van der Waals surface area (Å²) >= 11 is 7.19. The number of carbonyl (C=O) groups excluding carboxylic acids is 1. The molecule has 3 rings (SSSR count). The van der Waals surface area contributed by atoms with Crippen LogP contribution < -0.4 is 11.1 Å². The van der Waals surface area contributed by atoms with Gasteiger partial charge in [-0.05, 0) is 31.4 Å². The minimum atomic E-state index is -0.614. The highest BCUT2D eigenvalue weighted by Crippen LogP contribution is 2.30. The highest BCUT2D eigenvalue weighted by atomic mass is 35.5. The molecule has 24 heavy (non-hydrogen) atoms. The van der Waals surface area contributed by atoms with E-state index in [2.05, 4.69) is 10.3 Å². The lowest BCUT2D eigenvalue weighted by Crippen LogP contribution is -2.27. The number of anilines is 1. The quantitative estimate of drug-likeness (QED) is 0.619. The van der Waals surface area contributed by atoms with E-state index in [9.17, 15) is 14.9 Å². The highest BCUT2D eigenvalue weighted by molar-refractivity contribution is 7.15. The lowest BCUT2D eigenvalue weighted by Gasteiger charge is -2.15. The summed E-state index contributed by atoms with van der Waals surface area (Å²) in [7, 11) is 0. The molecule has 0 radical (unpaired) electrons. The van der Waals surface area contributed by atoms with Crippen molar-refractivity contribution in [2.75, 3.05) is 5.32 Å². The summed E-state index contributed by atoms with van der Waals surface area (Å²) < 4.78 is 0. The minimum absolute atomic E-state index is 0. The lowest BCUT2D eigenvalue weighted by atomic mass is 9.99. The van der Waals surface area contributed by atoms with Gasteiger partial charge >= 0.3 is 0 Å². The van der Waals surface area contributed by atoms with Crippen LogP contribution in [0.25, 0.3) is 0 Å². The monoisotopic (exact) mass is 388 g/mol. The number of aryl methyl sites for hydroxylation is 1. The average molecular weight is 389 g/mol. The van der Waals surface area contributed by atoms with E-state index in [0.717, 1.165) is 29.8 Å². The zero-order valence-corrected chi connectivity index (χ0v) is 14.7. The second kappa shape index (κ2) is 7.43. The first-order valence-electron chi connectivity index (χ1n) is 6.93. The molecule has 1 heterocycles. The summed E-state index contributed by atoms with van der Waals surface area (Å²) in [5.74, 6) is -0.602. The molecule has 128 valence electrons. The normalized spacial score (nSPS) is 16.0. The van der Waals surface area contributed by atoms with Gasteiger partial charge in [-0.3, -0.25) is 20.2 Å². The molecule has 1 atom stereocenters. The van der Waals surface area contributed by atoms with Crippen molar-refractivity contribution >= 4 is 52.1 Å². The smallest absolute Gasteiger partial charge is 0.282 e. The van der Waals surface area contributed by atoms with Gasteiger partial charge in [0.25, 0.3) is 11.6 Å². The fourth-order valence-corrected chi connectivity index (χ4v) is 3.74. The first kappa shape index (κ1) is 18.6. The summed E-state index contributed by atoms with van der Waals surface area (Å²) in [6, 6.07) is 3.97. The first-order chi connectivity index (χ1) is 10.9. The van der Waals surface area contributed by atoms with Crippen LogP contribution in [0.1, 0.15) is 27.3 Å². The number of nitrogens with zero attached hydrogens (tertiary/aromatic N) is 2. The Morgan fingerprint density at radius 3 is 2.96 bits per heavy atom.